The molecule has 6 heteroatoms. The van der Waals surface area contributed by atoms with Crippen LogP contribution in [-0.2, 0) is 0 Å². The molecule has 0 unspecified atom stereocenters. The molecule has 0 saturated carbocycles. The Balaban J connectivity index is 0.00000144. The Hall–Kier alpha value is -1.36. The minimum absolute atomic E-state index is 0. The largest absolute Gasteiger partial charge is 0.370 e. The Morgan fingerprint density at radius 3 is 2.31 bits per heavy atom. The van der Waals surface area contributed by atoms with Crippen LogP contribution in [0, 0.1) is 11.6 Å². The van der Waals surface area contributed by atoms with Crippen molar-refractivity contribution in [1.82, 2.24) is 0 Å². The number of benzene rings is 1. The summed E-state index contributed by atoms with van der Waals surface area (Å²) < 4.78 is 25.1. The van der Waals surface area contributed by atoms with Crippen LogP contribution in [0.2, 0.25) is 0 Å². The Labute approximate surface area is 79.9 Å². The van der Waals surface area contributed by atoms with Crippen molar-refractivity contribution in [1.29, 1.82) is 0 Å². The Morgan fingerprint density at radius 2 is 1.85 bits per heavy atom. The number of nitrogens with two attached hydrogens (primary N) is 2. The SMILES string of the molecule is Cl.NC(N)=Nc1ccc(F)cc1F. The molecular weight excluding hydrogens is 200 g/mol. The third kappa shape index (κ3) is 3.25. The lowest BCUT2D eigenvalue weighted by atomic mass is 10.3. The topological polar surface area (TPSA) is 64.4 Å². The van der Waals surface area contributed by atoms with E-state index in [0.717, 1.165) is 12.1 Å². The molecule has 0 bridgehead atoms. The molecule has 4 N–H and O–H groups in total. The van der Waals surface area contributed by atoms with Gasteiger partial charge < -0.3 is 11.5 Å². The zero-order chi connectivity index (χ0) is 9.14. The average Bonchev–Trinajstić information content (AvgIpc) is 1.94. The molecule has 0 radical (unpaired) electrons. The highest BCUT2D eigenvalue weighted by Crippen LogP contribution is 2.17. The van der Waals surface area contributed by atoms with Crippen LogP contribution in [0.1, 0.15) is 0 Å². The van der Waals surface area contributed by atoms with E-state index in [1.54, 1.807) is 0 Å². The molecule has 13 heavy (non-hydrogen) atoms. The maximum Gasteiger partial charge on any atom is 0.191 e. The lowest BCUT2D eigenvalue weighted by Crippen LogP contribution is -2.22. The number of hydrogen-bond donors (Lipinski definition) is 2. The van der Waals surface area contributed by atoms with E-state index in [1.165, 1.54) is 0 Å². The minimum Gasteiger partial charge on any atom is -0.370 e. The van der Waals surface area contributed by atoms with E-state index >= 15 is 0 Å². The predicted molar refractivity (Wildman–Crippen MR) is 49.1 cm³/mol. The van der Waals surface area contributed by atoms with Crippen LogP contribution in [0.4, 0.5) is 14.5 Å². The fraction of sp³-hybridized carbons (Fsp3) is 0. The van der Waals surface area contributed by atoms with Gasteiger partial charge in [-0.05, 0) is 12.1 Å². The van der Waals surface area contributed by atoms with Gasteiger partial charge in [0, 0.05) is 6.07 Å². The summed E-state index contributed by atoms with van der Waals surface area (Å²) in [6, 6.07) is 2.94. The van der Waals surface area contributed by atoms with E-state index < -0.39 is 11.6 Å². The van der Waals surface area contributed by atoms with Gasteiger partial charge in [-0.15, -0.1) is 12.4 Å². The molecule has 0 aliphatic heterocycles. The second kappa shape index (κ2) is 4.61. The van der Waals surface area contributed by atoms with E-state index in [9.17, 15) is 8.78 Å². The Morgan fingerprint density at radius 1 is 1.23 bits per heavy atom. The van der Waals surface area contributed by atoms with Gasteiger partial charge in [0.2, 0.25) is 0 Å². The van der Waals surface area contributed by atoms with Crippen molar-refractivity contribution in [2.24, 2.45) is 16.5 Å². The molecule has 1 rings (SSSR count). The molecule has 0 heterocycles. The van der Waals surface area contributed by atoms with Crippen LogP contribution in [-0.4, -0.2) is 5.96 Å². The quantitative estimate of drug-likeness (QED) is 0.538. The van der Waals surface area contributed by atoms with Gasteiger partial charge in [-0.1, -0.05) is 0 Å². The molecule has 0 aromatic heterocycles. The Bertz CT molecular complexity index is 324. The van der Waals surface area contributed by atoms with Crippen molar-refractivity contribution in [3.05, 3.63) is 29.8 Å². The summed E-state index contributed by atoms with van der Waals surface area (Å²) in [6.07, 6.45) is 0. The summed E-state index contributed by atoms with van der Waals surface area (Å²) in [5.41, 5.74) is 9.92. The lowest BCUT2D eigenvalue weighted by molar-refractivity contribution is 0.585. The normalized spacial score (nSPS) is 8.77. The van der Waals surface area contributed by atoms with Crippen LogP contribution in [0.25, 0.3) is 0 Å². The fourth-order valence-corrected chi connectivity index (χ4v) is 0.711. The van der Waals surface area contributed by atoms with Crippen molar-refractivity contribution in [2.45, 2.75) is 0 Å². The number of hydrogen-bond acceptors (Lipinski definition) is 1. The molecule has 72 valence electrons. The van der Waals surface area contributed by atoms with E-state index in [4.69, 9.17) is 11.5 Å². The number of aliphatic imine (C=N–C) groups is 1. The standard InChI is InChI=1S/C7H7F2N3.ClH/c8-4-1-2-6(5(9)3-4)12-7(10)11;/h1-3H,(H4,10,11,12);1H. The van der Waals surface area contributed by atoms with E-state index in [1.807, 2.05) is 0 Å². The van der Waals surface area contributed by atoms with Crippen LogP contribution < -0.4 is 11.5 Å². The summed E-state index contributed by atoms with van der Waals surface area (Å²) in [6.45, 7) is 0. The second-order valence-electron chi connectivity index (χ2n) is 2.13. The number of halogens is 3. The summed E-state index contributed by atoms with van der Waals surface area (Å²) >= 11 is 0. The molecule has 0 amide bonds. The highest BCUT2D eigenvalue weighted by Gasteiger charge is 2.01. The monoisotopic (exact) mass is 207 g/mol. The van der Waals surface area contributed by atoms with Gasteiger partial charge in [0.05, 0.1) is 0 Å². The smallest absolute Gasteiger partial charge is 0.191 e. The number of rotatable bonds is 1. The van der Waals surface area contributed by atoms with Crippen molar-refractivity contribution < 1.29 is 8.78 Å². The maximum absolute atomic E-state index is 12.8. The van der Waals surface area contributed by atoms with Crippen LogP contribution in [0.3, 0.4) is 0 Å². The summed E-state index contributed by atoms with van der Waals surface area (Å²) in [5, 5.41) is 0. The minimum atomic E-state index is -0.789. The molecule has 0 saturated heterocycles. The molecule has 1 aromatic rings. The highest BCUT2D eigenvalue weighted by molar-refractivity contribution is 5.85. The average molecular weight is 208 g/mol. The number of guanidine groups is 1. The van der Waals surface area contributed by atoms with E-state index in [2.05, 4.69) is 4.99 Å². The first-order chi connectivity index (χ1) is 5.59. The number of nitrogens with zero attached hydrogens (tertiary/aromatic N) is 1. The molecular formula is C7H8ClF2N3. The van der Waals surface area contributed by atoms with E-state index in [0.29, 0.717) is 6.07 Å². The van der Waals surface area contributed by atoms with Crippen LogP contribution >= 0.6 is 12.4 Å². The molecule has 3 nitrogen and oxygen atoms in total. The maximum atomic E-state index is 12.8. The zero-order valence-electron chi connectivity index (χ0n) is 6.50. The molecule has 0 spiro atoms. The van der Waals surface area contributed by atoms with Gasteiger partial charge in [0.25, 0.3) is 0 Å². The lowest BCUT2D eigenvalue weighted by Gasteiger charge is -1.96. The Kier molecular flexibility index (Phi) is 4.13. The first-order valence-electron chi connectivity index (χ1n) is 3.14. The first-order valence-corrected chi connectivity index (χ1v) is 3.14. The third-order valence-corrected chi connectivity index (χ3v) is 1.16. The summed E-state index contributed by atoms with van der Waals surface area (Å²) in [4.78, 5) is 3.43. The molecule has 0 atom stereocenters. The van der Waals surface area contributed by atoms with Gasteiger partial charge in [-0.25, -0.2) is 13.8 Å². The zero-order valence-corrected chi connectivity index (χ0v) is 7.31. The van der Waals surface area contributed by atoms with Gasteiger partial charge in [-0.3, -0.25) is 0 Å². The predicted octanol–water partition coefficient (Wildman–Crippen LogP) is 1.29. The van der Waals surface area contributed by atoms with Crippen molar-refractivity contribution in [3.63, 3.8) is 0 Å². The van der Waals surface area contributed by atoms with Gasteiger partial charge in [0.15, 0.2) is 11.8 Å². The molecule has 0 fully saturated rings. The summed E-state index contributed by atoms with van der Waals surface area (Å²) in [5.74, 6) is -1.72. The second-order valence-corrected chi connectivity index (χ2v) is 2.13. The molecule has 1 aromatic carbocycles. The van der Waals surface area contributed by atoms with Crippen molar-refractivity contribution >= 4 is 24.1 Å². The van der Waals surface area contributed by atoms with Crippen LogP contribution in [0.5, 0.6) is 0 Å². The molecule has 0 aliphatic rings. The first kappa shape index (κ1) is 11.6. The fourth-order valence-electron chi connectivity index (χ4n) is 0.711. The third-order valence-electron chi connectivity index (χ3n) is 1.16. The van der Waals surface area contributed by atoms with Gasteiger partial charge in [-0.2, -0.15) is 0 Å². The molecule has 0 aliphatic carbocycles. The van der Waals surface area contributed by atoms with Gasteiger partial charge >= 0.3 is 0 Å². The van der Waals surface area contributed by atoms with Crippen molar-refractivity contribution in [2.75, 3.05) is 0 Å². The summed E-state index contributed by atoms with van der Waals surface area (Å²) in [7, 11) is 0. The van der Waals surface area contributed by atoms with Crippen molar-refractivity contribution in [3.8, 4) is 0 Å². The van der Waals surface area contributed by atoms with Crippen LogP contribution in [0.15, 0.2) is 23.2 Å². The highest BCUT2D eigenvalue weighted by atomic mass is 35.5. The van der Waals surface area contributed by atoms with Gasteiger partial charge in [0.1, 0.15) is 11.5 Å². The van der Waals surface area contributed by atoms with E-state index in [-0.39, 0.29) is 24.1 Å².